The van der Waals surface area contributed by atoms with Gasteiger partial charge in [-0.3, -0.25) is 14.8 Å². The van der Waals surface area contributed by atoms with E-state index in [0.717, 1.165) is 22.0 Å². The smallest absolute Gasteiger partial charge is 0.351 e. The van der Waals surface area contributed by atoms with Crippen molar-refractivity contribution in [3.63, 3.8) is 0 Å². The molecule has 0 bridgehead atoms. The summed E-state index contributed by atoms with van der Waals surface area (Å²) in [6.07, 6.45) is -0.753. The molecule has 2 amide bonds. The fraction of sp³-hybridized carbons (Fsp3) is 0.172. The number of ether oxygens (including phenoxy) is 2. The first-order chi connectivity index (χ1) is 18.5. The SMILES string of the molecule is COC(=O)C(Oc1ccc(C[C@H]2C(=O)N[C@@H]2C(=O)NO)cc1)c1cc(-c2ccccc2)nc2ccccc12. The number of esters is 1. The van der Waals surface area contributed by atoms with Gasteiger partial charge in [-0.15, -0.1) is 0 Å². The van der Waals surface area contributed by atoms with E-state index in [1.165, 1.54) is 7.11 Å². The maximum Gasteiger partial charge on any atom is 0.351 e. The maximum absolute atomic E-state index is 13.0. The highest BCUT2D eigenvalue weighted by atomic mass is 16.6. The molecule has 1 unspecified atom stereocenters. The molecule has 1 saturated heterocycles. The molecule has 0 aliphatic carbocycles. The van der Waals surface area contributed by atoms with Crippen molar-refractivity contribution in [3.8, 4) is 17.0 Å². The second-order valence-electron chi connectivity index (χ2n) is 8.92. The number of fused-ring (bicyclic) bond motifs is 1. The molecule has 4 aromatic rings. The molecule has 0 radical (unpaired) electrons. The Morgan fingerprint density at radius 1 is 1.03 bits per heavy atom. The summed E-state index contributed by atoms with van der Waals surface area (Å²) in [5.74, 6) is -1.64. The third kappa shape index (κ3) is 4.91. The molecule has 0 saturated carbocycles. The Morgan fingerprint density at radius 3 is 2.42 bits per heavy atom. The van der Waals surface area contributed by atoms with Crippen molar-refractivity contribution in [1.82, 2.24) is 15.8 Å². The van der Waals surface area contributed by atoms with E-state index in [-0.39, 0.29) is 5.91 Å². The summed E-state index contributed by atoms with van der Waals surface area (Å²) in [4.78, 5) is 41.4. The first-order valence-electron chi connectivity index (χ1n) is 12.0. The summed E-state index contributed by atoms with van der Waals surface area (Å²) in [6, 6.07) is 25.2. The second kappa shape index (κ2) is 10.7. The van der Waals surface area contributed by atoms with Crippen molar-refractivity contribution in [2.24, 2.45) is 5.92 Å². The molecule has 1 aliphatic heterocycles. The van der Waals surface area contributed by atoms with E-state index in [9.17, 15) is 14.4 Å². The number of carbonyl (C=O) groups is 3. The first kappa shape index (κ1) is 24.9. The number of hydrogen-bond acceptors (Lipinski definition) is 7. The van der Waals surface area contributed by atoms with Crippen LogP contribution in [0.2, 0.25) is 0 Å². The number of hydrogen-bond donors (Lipinski definition) is 3. The van der Waals surface area contributed by atoms with Crippen LogP contribution in [0.15, 0.2) is 84.9 Å². The third-order valence-corrected chi connectivity index (χ3v) is 6.58. The molecule has 2 heterocycles. The zero-order valence-corrected chi connectivity index (χ0v) is 20.5. The van der Waals surface area contributed by atoms with Crippen LogP contribution in [0.3, 0.4) is 0 Å². The average Bonchev–Trinajstić information content (AvgIpc) is 2.97. The van der Waals surface area contributed by atoms with Crippen LogP contribution in [0, 0.1) is 5.92 Å². The summed E-state index contributed by atoms with van der Waals surface area (Å²) in [5.41, 5.74) is 5.31. The van der Waals surface area contributed by atoms with Gasteiger partial charge < -0.3 is 14.8 Å². The lowest BCUT2D eigenvalue weighted by molar-refractivity contribution is -0.149. The molecule has 5 rings (SSSR count). The Hall–Kier alpha value is -4.76. The average molecular weight is 512 g/mol. The van der Waals surface area contributed by atoms with Crippen LogP contribution in [0.1, 0.15) is 17.2 Å². The molecule has 1 aromatic heterocycles. The minimum atomic E-state index is -1.06. The maximum atomic E-state index is 13.0. The lowest BCUT2D eigenvalue weighted by Crippen LogP contribution is -2.64. The predicted octanol–water partition coefficient (Wildman–Crippen LogP) is 3.36. The van der Waals surface area contributed by atoms with E-state index < -0.39 is 29.9 Å². The molecule has 192 valence electrons. The topological polar surface area (TPSA) is 127 Å². The third-order valence-electron chi connectivity index (χ3n) is 6.58. The number of methoxy groups -OCH3 is 1. The van der Waals surface area contributed by atoms with Crippen molar-refractivity contribution in [1.29, 1.82) is 0 Å². The highest BCUT2D eigenvalue weighted by Gasteiger charge is 2.43. The largest absolute Gasteiger partial charge is 0.474 e. The van der Waals surface area contributed by atoms with Crippen LogP contribution in [0.25, 0.3) is 22.2 Å². The van der Waals surface area contributed by atoms with Crippen LogP contribution in [-0.4, -0.2) is 41.1 Å². The normalized spacial score (nSPS) is 17.2. The molecule has 3 N–H and O–H groups in total. The number of carbonyl (C=O) groups excluding carboxylic acids is 3. The number of nitrogens with zero attached hydrogens (tertiary/aromatic N) is 1. The Labute approximate surface area is 218 Å². The molecule has 3 aromatic carbocycles. The zero-order chi connectivity index (χ0) is 26.6. The van der Waals surface area contributed by atoms with E-state index in [1.54, 1.807) is 29.7 Å². The molecule has 0 spiro atoms. The van der Waals surface area contributed by atoms with Gasteiger partial charge in [-0.2, -0.15) is 0 Å². The number of hydroxylamine groups is 1. The summed E-state index contributed by atoms with van der Waals surface area (Å²) < 4.78 is 11.3. The lowest BCUT2D eigenvalue weighted by Gasteiger charge is -2.34. The number of rotatable bonds is 8. The summed E-state index contributed by atoms with van der Waals surface area (Å²) in [5, 5.41) is 12.1. The fourth-order valence-electron chi connectivity index (χ4n) is 4.56. The van der Waals surface area contributed by atoms with Gasteiger partial charge in [0, 0.05) is 16.5 Å². The fourth-order valence-corrected chi connectivity index (χ4v) is 4.56. The van der Waals surface area contributed by atoms with Crippen molar-refractivity contribution in [2.45, 2.75) is 18.6 Å². The summed E-state index contributed by atoms with van der Waals surface area (Å²) in [6.45, 7) is 0. The molecule has 9 nitrogen and oxygen atoms in total. The molecular weight excluding hydrogens is 486 g/mol. The van der Waals surface area contributed by atoms with Gasteiger partial charge in [-0.25, -0.2) is 15.3 Å². The first-order valence-corrected chi connectivity index (χ1v) is 12.0. The Balaban J connectivity index is 1.44. The molecule has 38 heavy (non-hydrogen) atoms. The molecule has 3 atom stereocenters. The van der Waals surface area contributed by atoms with Crippen molar-refractivity contribution < 1.29 is 29.1 Å². The monoisotopic (exact) mass is 511 g/mol. The van der Waals surface area contributed by atoms with Gasteiger partial charge in [0.15, 0.2) is 0 Å². The van der Waals surface area contributed by atoms with Gasteiger partial charge in [0.1, 0.15) is 11.8 Å². The van der Waals surface area contributed by atoms with Gasteiger partial charge in [-0.1, -0.05) is 60.7 Å². The zero-order valence-electron chi connectivity index (χ0n) is 20.5. The highest BCUT2D eigenvalue weighted by Crippen LogP contribution is 2.33. The molecule has 1 aliphatic rings. The van der Waals surface area contributed by atoms with Gasteiger partial charge in [0.05, 0.1) is 24.2 Å². The minimum Gasteiger partial charge on any atom is -0.474 e. The van der Waals surface area contributed by atoms with E-state index in [4.69, 9.17) is 19.7 Å². The van der Waals surface area contributed by atoms with Gasteiger partial charge in [0.25, 0.3) is 5.91 Å². The molecule has 9 heteroatoms. The standard InChI is InChI=1S/C29H25N3O6/c1-37-29(35)26(21-16-24(18-7-3-2-4-8-18)30-23-10-6-5-9-20(21)23)38-19-13-11-17(12-14-19)15-22-25(28(34)32-36)31-27(22)33/h2-14,16,22,25-26,36H,15H2,1H3,(H,31,33)(H,32,34)/t22-,25+,26?/m1/s1. The second-order valence-corrected chi connectivity index (χ2v) is 8.92. The van der Waals surface area contributed by atoms with E-state index in [1.807, 2.05) is 60.7 Å². The van der Waals surface area contributed by atoms with Crippen molar-refractivity contribution >= 4 is 28.7 Å². The number of para-hydroxylation sites is 1. The predicted molar refractivity (Wildman–Crippen MR) is 138 cm³/mol. The minimum absolute atomic E-state index is 0.261. The molecular formula is C29H25N3O6. The number of aromatic nitrogens is 1. The van der Waals surface area contributed by atoms with Crippen LogP contribution in [-0.2, 0) is 25.5 Å². The van der Waals surface area contributed by atoms with Gasteiger partial charge in [0.2, 0.25) is 12.0 Å². The number of benzene rings is 3. The highest BCUT2D eigenvalue weighted by molar-refractivity contribution is 5.99. The van der Waals surface area contributed by atoms with E-state index in [0.29, 0.717) is 23.4 Å². The van der Waals surface area contributed by atoms with Gasteiger partial charge in [-0.05, 0) is 36.2 Å². The Morgan fingerprint density at radius 2 is 1.74 bits per heavy atom. The van der Waals surface area contributed by atoms with E-state index >= 15 is 0 Å². The number of β-lactam (4-membered cyclic amide) rings is 1. The molecule has 1 fully saturated rings. The Bertz CT molecular complexity index is 1490. The van der Waals surface area contributed by atoms with Crippen molar-refractivity contribution in [3.05, 3.63) is 96.1 Å². The van der Waals surface area contributed by atoms with Crippen LogP contribution in [0.5, 0.6) is 5.75 Å². The van der Waals surface area contributed by atoms with Crippen LogP contribution in [0.4, 0.5) is 0 Å². The lowest BCUT2D eigenvalue weighted by atomic mass is 9.84. The Kier molecular flexibility index (Phi) is 7.01. The van der Waals surface area contributed by atoms with Crippen LogP contribution < -0.4 is 15.5 Å². The number of amides is 2. The van der Waals surface area contributed by atoms with Crippen LogP contribution >= 0.6 is 0 Å². The number of pyridine rings is 1. The van der Waals surface area contributed by atoms with Gasteiger partial charge >= 0.3 is 5.97 Å². The summed E-state index contributed by atoms with van der Waals surface area (Å²) >= 11 is 0. The van der Waals surface area contributed by atoms with Crippen molar-refractivity contribution in [2.75, 3.05) is 7.11 Å². The number of nitrogens with one attached hydrogen (secondary N) is 2. The van der Waals surface area contributed by atoms with E-state index in [2.05, 4.69) is 5.32 Å². The summed E-state index contributed by atoms with van der Waals surface area (Å²) in [7, 11) is 1.31. The quantitative estimate of drug-likeness (QED) is 0.143.